The fraction of sp³-hybridized carbons (Fsp3) is 0.333. The minimum atomic E-state index is -0.503. The minimum Gasteiger partial charge on any atom is -0.274 e. The Morgan fingerprint density at radius 2 is 1.76 bits per heavy atom. The van der Waals surface area contributed by atoms with Gasteiger partial charge in [-0.05, 0) is 12.2 Å². The van der Waals surface area contributed by atoms with E-state index in [9.17, 15) is 9.59 Å². The summed E-state index contributed by atoms with van der Waals surface area (Å²) < 4.78 is 5.12. The summed E-state index contributed by atoms with van der Waals surface area (Å²) in [5.74, 6) is 0.397. The third kappa shape index (κ3) is 1.66. The number of aryl methyl sites for hydroxylation is 1. The Labute approximate surface area is 101 Å². The average molecular weight is 253 g/mol. The second-order valence-electron chi connectivity index (χ2n) is 3.65. The molecule has 2 aromatic rings. The first kappa shape index (κ1) is 11.5. The van der Waals surface area contributed by atoms with Crippen LogP contribution in [-0.4, -0.2) is 23.5 Å². The van der Waals surface area contributed by atoms with E-state index in [1.807, 2.05) is 0 Å². The van der Waals surface area contributed by atoms with Gasteiger partial charge < -0.3 is 0 Å². The van der Waals surface area contributed by atoms with Crippen LogP contribution in [0.25, 0.3) is 5.82 Å². The summed E-state index contributed by atoms with van der Waals surface area (Å²) in [5.41, 5.74) is -0.955. The molecule has 0 radical (unpaired) electrons. The van der Waals surface area contributed by atoms with E-state index in [0.717, 1.165) is 4.57 Å². The summed E-state index contributed by atoms with van der Waals surface area (Å²) in [6.45, 7) is 0. The van der Waals surface area contributed by atoms with Gasteiger partial charge in [-0.3, -0.25) is 9.25 Å². The molecule has 7 nitrogen and oxygen atoms in total. The van der Waals surface area contributed by atoms with Crippen LogP contribution in [-0.2, 0) is 21.1 Å². The van der Waals surface area contributed by atoms with Gasteiger partial charge in [-0.25, -0.2) is 18.7 Å². The maximum atomic E-state index is 12.0. The van der Waals surface area contributed by atoms with Crippen molar-refractivity contribution in [2.75, 3.05) is 0 Å². The van der Waals surface area contributed by atoms with Gasteiger partial charge in [-0.2, -0.15) is 5.10 Å². The van der Waals surface area contributed by atoms with Gasteiger partial charge in [0.05, 0.1) is 0 Å². The van der Waals surface area contributed by atoms with Crippen LogP contribution in [0.1, 0.15) is 0 Å². The Morgan fingerprint density at radius 3 is 2.29 bits per heavy atom. The van der Waals surface area contributed by atoms with Crippen molar-refractivity contribution in [2.45, 2.75) is 0 Å². The van der Waals surface area contributed by atoms with Gasteiger partial charge in [-0.1, -0.05) is 0 Å². The molecule has 0 saturated heterocycles. The normalized spacial score (nSPS) is 10.8. The summed E-state index contributed by atoms with van der Waals surface area (Å²) in [5, 5.41) is 4.10. The lowest BCUT2D eigenvalue weighted by molar-refractivity contribution is 0.589. The Morgan fingerprint density at radius 1 is 1.12 bits per heavy atom. The van der Waals surface area contributed by atoms with Crippen LogP contribution < -0.4 is 11.4 Å². The van der Waals surface area contributed by atoms with Crippen molar-refractivity contribution in [1.82, 2.24) is 23.5 Å². The van der Waals surface area contributed by atoms with E-state index in [1.165, 1.54) is 23.2 Å². The fourth-order valence-electron chi connectivity index (χ4n) is 1.49. The highest BCUT2D eigenvalue weighted by Crippen LogP contribution is 1.99. The lowest BCUT2D eigenvalue weighted by Gasteiger charge is -2.07. The van der Waals surface area contributed by atoms with Crippen molar-refractivity contribution < 1.29 is 0 Å². The maximum absolute atomic E-state index is 12.0. The molecule has 8 heteroatoms. The molecular formula is C9H11N5O2S. The first-order chi connectivity index (χ1) is 7.93. The number of nitrogens with zero attached hydrogens (tertiary/aromatic N) is 5. The highest BCUT2D eigenvalue weighted by Gasteiger charge is 2.11. The summed E-state index contributed by atoms with van der Waals surface area (Å²) in [7, 11) is 4.65. The molecule has 0 aliphatic rings. The molecule has 17 heavy (non-hydrogen) atoms. The van der Waals surface area contributed by atoms with E-state index >= 15 is 0 Å². The molecule has 0 aromatic carbocycles. The second-order valence-corrected chi connectivity index (χ2v) is 4.01. The summed E-state index contributed by atoms with van der Waals surface area (Å²) >= 11 is 5.08. The molecule has 0 aliphatic heterocycles. The quantitative estimate of drug-likeness (QED) is 0.633. The smallest absolute Gasteiger partial charge is 0.274 e. The maximum Gasteiger partial charge on any atom is 0.340 e. The number of aromatic nitrogens is 5. The zero-order chi connectivity index (χ0) is 12.7. The van der Waals surface area contributed by atoms with Crippen molar-refractivity contribution in [3.05, 3.63) is 38.0 Å². The van der Waals surface area contributed by atoms with Gasteiger partial charge in [-0.15, -0.1) is 0 Å². The molecule has 0 fully saturated rings. The predicted molar refractivity (Wildman–Crippen MR) is 63.9 cm³/mol. The first-order valence-corrected chi connectivity index (χ1v) is 5.23. The fourth-order valence-corrected chi connectivity index (χ4v) is 1.74. The molecule has 0 saturated carbocycles. The first-order valence-electron chi connectivity index (χ1n) is 4.82. The van der Waals surface area contributed by atoms with Crippen LogP contribution in [0, 0.1) is 4.77 Å². The topological polar surface area (TPSA) is 66.8 Å². The van der Waals surface area contributed by atoms with E-state index in [0.29, 0.717) is 5.82 Å². The van der Waals surface area contributed by atoms with E-state index in [4.69, 9.17) is 12.2 Å². The molecule has 0 amide bonds. The molecule has 2 aromatic heterocycles. The van der Waals surface area contributed by atoms with E-state index in [2.05, 4.69) is 5.10 Å². The molecule has 0 N–H and O–H groups in total. The monoisotopic (exact) mass is 253 g/mol. The van der Waals surface area contributed by atoms with Crippen LogP contribution in [0.4, 0.5) is 0 Å². The SMILES string of the molecule is Cn1ccc(-n2c(=O)n(C)c(=O)n(C)c2=S)n1. The van der Waals surface area contributed by atoms with Gasteiger partial charge in [0.15, 0.2) is 10.6 Å². The zero-order valence-corrected chi connectivity index (χ0v) is 10.4. The van der Waals surface area contributed by atoms with E-state index in [-0.39, 0.29) is 4.77 Å². The highest BCUT2D eigenvalue weighted by molar-refractivity contribution is 7.71. The minimum absolute atomic E-state index is 0.122. The Kier molecular flexibility index (Phi) is 2.58. The third-order valence-corrected chi connectivity index (χ3v) is 2.92. The van der Waals surface area contributed by atoms with Gasteiger partial charge in [0, 0.05) is 33.4 Å². The third-order valence-electron chi connectivity index (χ3n) is 2.46. The molecule has 2 rings (SSSR count). The lowest BCUT2D eigenvalue weighted by Crippen LogP contribution is -2.43. The molecule has 90 valence electrons. The predicted octanol–water partition coefficient (Wildman–Crippen LogP) is -0.662. The van der Waals surface area contributed by atoms with Crippen LogP contribution in [0.3, 0.4) is 0 Å². The van der Waals surface area contributed by atoms with Crippen LogP contribution in [0.2, 0.25) is 0 Å². The molecule has 2 heterocycles. The van der Waals surface area contributed by atoms with Crippen molar-refractivity contribution in [3.63, 3.8) is 0 Å². The van der Waals surface area contributed by atoms with Crippen LogP contribution >= 0.6 is 12.2 Å². The van der Waals surface area contributed by atoms with E-state index < -0.39 is 11.4 Å². The standard InChI is InChI=1S/C9H11N5O2S/c1-11-5-4-6(10-11)14-8(16)12(2)7(15)13(3)9(14)17/h4-5H,1-3H3. The van der Waals surface area contributed by atoms with E-state index in [1.54, 1.807) is 24.0 Å². The molecule has 0 atom stereocenters. The molecule has 0 spiro atoms. The van der Waals surface area contributed by atoms with Crippen molar-refractivity contribution in [1.29, 1.82) is 0 Å². The van der Waals surface area contributed by atoms with Gasteiger partial charge in [0.2, 0.25) is 0 Å². The molecule has 0 bridgehead atoms. The molecule has 0 unspecified atom stereocenters. The summed E-state index contributed by atoms with van der Waals surface area (Å²) in [6.07, 6.45) is 1.70. The summed E-state index contributed by atoms with van der Waals surface area (Å²) in [4.78, 5) is 23.6. The second kappa shape index (κ2) is 3.81. The lowest BCUT2D eigenvalue weighted by atomic mass is 10.6. The average Bonchev–Trinajstić information content (AvgIpc) is 2.71. The Balaban J connectivity index is 2.94. The largest absolute Gasteiger partial charge is 0.340 e. The number of hydrogen-bond donors (Lipinski definition) is 0. The van der Waals surface area contributed by atoms with Crippen molar-refractivity contribution >= 4 is 12.2 Å². The zero-order valence-electron chi connectivity index (χ0n) is 9.62. The van der Waals surface area contributed by atoms with Crippen molar-refractivity contribution in [3.8, 4) is 5.82 Å². The van der Waals surface area contributed by atoms with Crippen LogP contribution in [0.15, 0.2) is 21.9 Å². The number of rotatable bonds is 1. The number of hydrogen-bond acceptors (Lipinski definition) is 4. The van der Waals surface area contributed by atoms with Gasteiger partial charge in [0.1, 0.15) is 0 Å². The van der Waals surface area contributed by atoms with Crippen molar-refractivity contribution in [2.24, 2.45) is 21.1 Å². The van der Waals surface area contributed by atoms with Gasteiger partial charge in [0.25, 0.3) is 0 Å². The highest BCUT2D eigenvalue weighted by atomic mass is 32.1. The molecular weight excluding hydrogens is 242 g/mol. The van der Waals surface area contributed by atoms with Gasteiger partial charge >= 0.3 is 11.4 Å². The Bertz CT molecular complexity index is 708. The molecule has 0 aliphatic carbocycles. The van der Waals surface area contributed by atoms with Crippen LogP contribution in [0.5, 0.6) is 0 Å². The summed E-state index contributed by atoms with van der Waals surface area (Å²) in [6, 6.07) is 1.65. The Hall–Kier alpha value is -1.96.